The highest BCUT2D eigenvalue weighted by molar-refractivity contribution is 6.01. The molecule has 4 heterocycles. The lowest BCUT2D eigenvalue weighted by atomic mass is 10.00. The highest BCUT2D eigenvalue weighted by atomic mass is 16.4. The van der Waals surface area contributed by atoms with E-state index in [2.05, 4.69) is 44.6 Å². The lowest BCUT2D eigenvalue weighted by molar-refractivity contribution is 0.0992. The van der Waals surface area contributed by atoms with Crippen molar-refractivity contribution < 1.29 is 9.21 Å². The molecule has 0 atom stereocenters. The van der Waals surface area contributed by atoms with Crippen LogP contribution in [0.2, 0.25) is 0 Å². The van der Waals surface area contributed by atoms with Crippen LogP contribution in [0.5, 0.6) is 0 Å². The Morgan fingerprint density at radius 2 is 1.97 bits per heavy atom. The van der Waals surface area contributed by atoms with Crippen LogP contribution in [0.1, 0.15) is 38.8 Å². The van der Waals surface area contributed by atoms with E-state index in [-0.39, 0.29) is 11.7 Å². The third kappa shape index (κ3) is 3.59. The van der Waals surface area contributed by atoms with E-state index >= 15 is 0 Å². The van der Waals surface area contributed by atoms with Crippen molar-refractivity contribution in [1.29, 1.82) is 0 Å². The third-order valence-corrected chi connectivity index (χ3v) is 5.45. The first-order valence-corrected chi connectivity index (χ1v) is 10.1. The average Bonchev–Trinajstić information content (AvgIpc) is 3.35. The molecule has 0 bridgehead atoms. The highest BCUT2D eigenvalue weighted by Gasteiger charge is 2.19. The predicted molar refractivity (Wildman–Crippen MR) is 113 cm³/mol. The van der Waals surface area contributed by atoms with Crippen LogP contribution in [-0.4, -0.2) is 31.9 Å². The van der Waals surface area contributed by atoms with Gasteiger partial charge in [-0.2, -0.15) is 0 Å². The van der Waals surface area contributed by atoms with Crippen molar-refractivity contribution in [3.63, 3.8) is 0 Å². The Morgan fingerprint density at radius 3 is 2.83 bits per heavy atom. The van der Waals surface area contributed by atoms with Gasteiger partial charge in [-0.25, -0.2) is 9.50 Å². The Hall–Kier alpha value is -3.45. The van der Waals surface area contributed by atoms with Crippen molar-refractivity contribution in [2.24, 2.45) is 0 Å². The zero-order valence-corrected chi connectivity index (χ0v) is 17.1. The summed E-state index contributed by atoms with van der Waals surface area (Å²) in [6, 6.07) is 15.8. The molecule has 0 radical (unpaired) electrons. The summed E-state index contributed by atoms with van der Waals surface area (Å²) < 4.78 is 7.53. The molecule has 152 valence electrons. The second kappa shape index (κ2) is 7.42. The van der Waals surface area contributed by atoms with Gasteiger partial charge in [-0.05, 0) is 49.6 Å². The average molecular weight is 401 g/mol. The maximum Gasteiger partial charge on any atom is 0.292 e. The van der Waals surface area contributed by atoms with Crippen LogP contribution in [0.25, 0.3) is 5.65 Å². The summed E-state index contributed by atoms with van der Waals surface area (Å²) in [6.45, 7) is 6.44. The Bertz CT molecular complexity index is 1240. The molecule has 1 aromatic carbocycles. The van der Waals surface area contributed by atoms with Gasteiger partial charge in [0.15, 0.2) is 17.2 Å². The van der Waals surface area contributed by atoms with Crippen LogP contribution in [0.4, 0.5) is 5.82 Å². The number of carbonyl (C=O) groups is 1. The van der Waals surface area contributed by atoms with Gasteiger partial charge in [-0.1, -0.05) is 24.3 Å². The van der Waals surface area contributed by atoms with Crippen LogP contribution in [0.3, 0.4) is 0 Å². The van der Waals surface area contributed by atoms with E-state index in [1.807, 2.05) is 26.0 Å². The predicted octanol–water partition coefficient (Wildman–Crippen LogP) is 3.75. The molecule has 5 rings (SSSR count). The Balaban J connectivity index is 1.26. The number of hydrogen-bond acceptors (Lipinski definition) is 5. The van der Waals surface area contributed by atoms with E-state index < -0.39 is 0 Å². The molecule has 0 spiro atoms. The normalized spacial score (nSPS) is 14.1. The summed E-state index contributed by atoms with van der Waals surface area (Å²) in [4.78, 5) is 19.4. The number of benzene rings is 1. The van der Waals surface area contributed by atoms with E-state index in [9.17, 15) is 4.79 Å². The number of furan rings is 1. The molecule has 4 aromatic rings. The molecule has 0 saturated heterocycles. The van der Waals surface area contributed by atoms with Crippen molar-refractivity contribution in [1.82, 2.24) is 19.5 Å². The SMILES string of the molecule is Cc1cc(C)n2nc(NC(=O)c3ccc(CN4CCc5ccccc5C4)o3)cc2n1. The monoisotopic (exact) mass is 401 g/mol. The second-order valence-electron chi connectivity index (χ2n) is 7.79. The summed E-state index contributed by atoms with van der Waals surface area (Å²) in [5, 5.41) is 7.22. The van der Waals surface area contributed by atoms with Gasteiger partial charge in [-0.15, -0.1) is 5.10 Å². The number of carbonyl (C=O) groups excluding carboxylic acids is 1. The standard InChI is InChI=1S/C23H23N5O2/c1-15-11-16(2)28-22(24-15)12-21(26-28)25-23(29)20-8-7-19(30-20)14-27-10-9-17-5-3-4-6-18(17)13-27/h3-8,11-12H,9-10,13-14H2,1-2H3,(H,25,26,29). The van der Waals surface area contributed by atoms with Gasteiger partial charge in [0.25, 0.3) is 5.91 Å². The van der Waals surface area contributed by atoms with Crippen molar-refractivity contribution in [2.75, 3.05) is 11.9 Å². The fourth-order valence-corrected chi connectivity index (χ4v) is 4.02. The number of anilines is 1. The van der Waals surface area contributed by atoms with E-state index in [4.69, 9.17) is 4.42 Å². The number of amides is 1. The molecule has 0 unspecified atom stereocenters. The smallest absolute Gasteiger partial charge is 0.292 e. The zero-order valence-electron chi connectivity index (χ0n) is 17.1. The number of hydrogen-bond donors (Lipinski definition) is 1. The molecule has 1 N–H and O–H groups in total. The lowest BCUT2D eigenvalue weighted by Crippen LogP contribution is -2.29. The molecule has 0 saturated carbocycles. The van der Waals surface area contributed by atoms with E-state index in [0.717, 1.165) is 36.7 Å². The van der Waals surface area contributed by atoms with Crippen LogP contribution in [0.15, 0.2) is 52.9 Å². The van der Waals surface area contributed by atoms with Crippen molar-refractivity contribution in [3.8, 4) is 0 Å². The number of aryl methyl sites for hydroxylation is 2. The molecule has 7 nitrogen and oxygen atoms in total. The van der Waals surface area contributed by atoms with Crippen molar-refractivity contribution >= 4 is 17.4 Å². The quantitative estimate of drug-likeness (QED) is 0.564. The topological polar surface area (TPSA) is 75.7 Å². The number of nitrogens with one attached hydrogen (secondary N) is 1. The minimum atomic E-state index is -0.317. The van der Waals surface area contributed by atoms with Gasteiger partial charge in [-0.3, -0.25) is 9.69 Å². The number of rotatable bonds is 4. The van der Waals surface area contributed by atoms with Crippen LogP contribution < -0.4 is 5.32 Å². The fourth-order valence-electron chi connectivity index (χ4n) is 4.02. The molecule has 1 amide bonds. The maximum absolute atomic E-state index is 12.6. The van der Waals surface area contributed by atoms with Crippen LogP contribution >= 0.6 is 0 Å². The maximum atomic E-state index is 12.6. The molecular weight excluding hydrogens is 378 g/mol. The number of fused-ring (bicyclic) bond motifs is 2. The van der Waals surface area contributed by atoms with Gasteiger partial charge in [0, 0.05) is 30.5 Å². The summed E-state index contributed by atoms with van der Waals surface area (Å²) in [5.74, 6) is 1.19. The van der Waals surface area contributed by atoms with E-state index in [1.165, 1.54) is 11.1 Å². The molecule has 0 fully saturated rings. The number of nitrogens with zero attached hydrogens (tertiary/aromatic N) is 4. The summed E-state index contributed by atoms with van der Waals surface area (Å²) in [5.41, 5.74) is 5.35. The lowest BCUT2D eigenvalue weighted by Gasteiger charge is -2.27. The first-order chi connectivity index (χ1) is 14.5. The van der Waals surface area contributed by atoms with Gasteiger partial charge in [0.05, 0.1) is 6.54 Å². The van der Waals surface area contributed by atoms with Crippen molar-refractivity contribution in [3.05, 3.63) is 82.6 Å². The highest BCUT2D eigenvalue weighted by Crippen LogP contribution is 2.21. The zero-order chi connectivity index (χ0) is 20.7. The fraction of sp³-hybridized carbons (Fsp3) is 0.261. The van der Waals surface area contributed by atoms with Crippen LogP contribution in [0, 0.1) is 13.8 Å². The Kier molecular flexibility index (Phi) is 4.59. The third-order valence-electron chi connectivity index (χ3n) is 5.45. The van der Waals surface area contributed by atoms with Crippen LogP contribution in [-0.2, 0) is 19.5 Å². The molecule has 7 heteroatoms. The second-order valence-corrected chi connectivity index (χ2v) is 7.79. The van der Waals surface area contributed by atoms with E-state index in [1.54, 1.807) is 16.6 Å². The molecular formula is C23H23N5O2. The largest absolute Gasteiger partial charge is 0.455 e. The molecule has 1 aliphatic heterocycles. The molecule has 3 aromatic heterocycles. The summed E-state index contributed by atoms with van der Waals surface area (Å²) in [6.07, 6.45) is 1.03. The first kappa shape index (κ1) is 18.6. The van der Waals surface area contributed by atoms with Gasteiger partial charge in [0.2, 0.25) is 0 Å². The van der Waals surface area contributed by atoms with Gasteiger partial charge >= 0.3 is 0 Å². The van der Waals surface area contributed by atoms with Crippen molar-refractivity contribution in [2.45, 2.75) is 33.4 Å². The molecule has 0 aliphatic carbocycles. The first-order valence-electron chi connectivity index (χ1n) is 10.1. The minimum Gasteiger partial charge on any atom is -0.455 e. The minimum absolute atomic E-state index is 0.278. The summed E-state index contributed by atoms with van der Waals surface area (Å²) in [7, 11) is 0. The Labute approximate surface area is 174 Å². The molecule has 30 heavy (non-hydrogen) atoms. The summed E-state index contributed by atoms with van der Waals surface area (Å²) >= 11 is 0. The molecule has 1 aliphatic rings. The number of aromatic nitrogens is 3. The van der Waals surface area contributed by atoms with E-state index in [0.29, 0.717) is 18.0 Å². The van der Waals surface area contributed by atoms with Gasteiger partial charge in [0.1, 0.15) is 5.76 Å². The Morgan fingerprint density at radius 1 is 1.13 bits per heavy atom. The van der Waals surface area contributed by atoms with Gasteiger partial charge < -0.3 is 9.73 Å².